The molecule has 0 spiro atoms. The van der Waals surface area contributed by atoms with E-state index in [0.29, 0.717) is 55.0 Å². The number of hydrogen-bond acceptors (Lipinski definition) is 10. The predicted molar refractivity (Wildman–Crippen MR) is 130 cm³/mol. The topological polar surface area (TPSA) is 163 Å². The number of aliphatic hydroxyl groups excluding tert-OH is 1. The van der Waals surface area contributed by atoms with Crippen molar-refractivity contribution >= 4 is 33.3 Å². The molecule has 3 rings (SSSR count). The highest BCUT2D eigenvalue weighted by molar-refractivity contribution is 7.91. The molecule has 1 aliphatic rings. The quantitative estimate of drug-likeness (QED) is 0.361. The number of β-amino-alcohol motifs (C(OH)–C–C–N with tert-alkyl or cyclic N) is 1. The molecule has 3 N–H and O–H groups in total. The Bertz CT molecular complexity index is 1070. The average molecular weight is 547 g/mol. The van der Waals surface area contributed by atoms with Gasteiger partial charge in [-0.3, -0.25) is 4.90 Å². The summed E-state index contributed by atoms with van der Waals surface area (Å²) in [5.74, 6) is -2.36. The van der Waals surface area contributed by atoms with Crippen LogP contribution in [0.25, 0.3) is 0 Å². The van der Waals surface area contributed by atoms with Gasteiger partial charge in [0.05, 0.1) is 33.5 Å². The molecule has 1 fully saturated rings. The molecule has 1 aromatic carbocycles. The number of ether oxygens (including phenoxy) is 3. The second-order valence-electron chi connectivity index (χ2n) is 7.61. The number of nitrogens with zero attached hydrogens (tertiary/aromatic N) is 2. The molecular weight excluding hydrogens is 516 g/mol. The molecule has 0 aliphatic carbocycles. The summed E-state index contributed by atoms with van der Waals surface area (Å²) < 4.78 is 43.2. The van der Waals surface area contributed by atoms with Crippen LogP contribution in [0.2, 0.25) is 0 Å². The van der Waals surface area contributed by atoms with E-state index in [1.807, 2.05) is 18.2 Å². The number of benzene rings is 1. The molecule has 2 heterocycles. The molecule has 12 nitrogen and oxygen atoms in total. The standard InChI is InChI=1S/C20H28N2O6S2.C2H2O4/c1-26-18-6-5-16(12-19(18)27-2)14-28-15-17(23)13-21-7-9-22(10-8-21)30(24,25)20-4-3-11-29-20;3-1(4)2(5)6/h3-6,11-12,17,23H,7-10,13-15H2,1-2H3;(H,3,4)(H,5,6). The molecule has 0 bridgehead atoms. The molecule has 1 aromatic heterocycles. The minimum absolute atomic E-state index is 0.196. The van der Waals surface area contributed by atoms with Crippen LogP contribution in [0.5, 0.6) is 11.5 Å². The van der Waals surface area contributed by atoms with Crippen molar-refractivity contribution in [3.63, 3.8) is 0 Å². The maximum atomic E-state index is 12.6. The Morgan fingerprint density at radius 3 is 2.19 bits per heavy atom. The largest absolute Gasteiger partial charge is 0.493 e. The Kier molecular flexibility index (Phi) is 11.6. The summed E-state index contributed by atoms with van der Waals surface area (Å²) in [7, 11) is -0.241. The van der Waals surface area contributed by atoms with E-state index in [0.717, 1.165) is 5.56 Å². The lowest BCUT2D eigenvalue weighted by molar-refractivity contribution is -0.159. The second-order valence-corrected chi connectivity index (χ2v) is 10.7. The minimum atomic E-state index is -3.41. The molecule has 1 unspecified atom stereocenters. The van der Waals surface area contributed by atoms with Gasteiger partial charge in [-0.2, -0.15) is 4.31 Å². The summed E-state index contributed by atoms with van der Waals surface area (Å²) in [5, 5.41) is 26.8. The normalized spacial score (nSPS) is 15.4. The first kappa shape index (κ1) is 29.5. The number of rotatable bonds is 10. The fourth-order valence-corrected chi connectivity index (χ4v) is 5.89. The summed E-state index contributed by atoms with van der Waals surface area (Å²) >= 11 is 1.23. The fraction of sp³-hybridized carbons (Fsp3) is 0.455. The number of carboxylic acid groups (broad SMARTS) is 2. The van der Waals surface area contributed by atoms with Crippen LogP contribution >= 0.6 is 11.3 Å². The monoisotopic (exact) mass is 546 g/mol. The van der Waals surface area contributed by atoms with Gasteiger partial charge >= 0.3 is 11.9 Å². The van der Waals surface area contributed by atoms with E-state index in [-0.39, 0.29) is 6.61 Å². The summed E-state index contributed by atoms with van der Waals surface area (Å²) in [6.07, 6.45) is -0.648. The number of piperazine rings is 1. The first-order chi connectivity index (χ1) is 17.1. The van der Waals surface area contributed by atoms with E-state index in [2.05, 4.69) is 4.90 Å². The third-order valence-electron chi connectivity index (χ3n) is 5.10. The number of aliphatic hydroxyl groups is 1. The first-order valence-electron chi connectivity index (χ1n) is 10.8. The van der Waals surface area contributed by atoms with Crippen molar-refractivity contribution in [1.29, 1.82) is 0 Å². The molecule has 1 atom stereocenters. The minimum Gasteiger partial charge on any atom is -0.493 e. The summed E-state index contributed by atoms with van der Waals surface area (Å²) in [6, 6.07) is 8.93. The number of carboxylic acids is 2. The summed E-state index contributed by atoms with van der Waals surface area (Å²) in [5.41, 5.74) is 0.923. The van der Waals surface area contributed by atoms with E-state index in [1.54, 1.807) is 31.7 Å². The van der Waals surface area contributed by atoms with Crippen LogP contribution in [-0.2, 0) is 31.0 Å². The van der Waals surface area contributed by atoms with Crippen molar-refractivity contribution in [2.45, 2.75) is 16.9 Å². The highest BCUT2D eigenvalue weighted by atomic mass is 32.2. The third-order valence-corrected chi connectivity index (χ3v) is 8.37. The molecule has 0 saturated carbocycles. The van der Waals surface area contributed by atoms with E-state index in [9.17, 15) is 13.5 Å². The molecule has 0 radical (unpaired) electrons. The zero-order valence-electron chi connectivity index (χ0n) is 19.9. The maximum absolute atomic E-state index is 12.6. The van der Waals surface area contributed by atoms with Crippen LogP contribution in [0.1, 0.15) is 5.56 Å². The average Bonchev–Trinajstić information content (AvgIpc) is 3.41. The Labute approximate surface area is 213 Å². The lowest BCUT2D eigenvalue weighted by Gasteiger charge is -2.34. The van der Waals surface area contributed by atoms with Crippen molar-refractivity contribution in [2.24, 2.45) is 0 Å². The van der Waals surface area contributed by atoms with Gasteiger partial charge in [0, 0.05) is 32.7 Å². The third kappa shape index (κ3) is 8.72. The van der Waals surface area contributed by atoms with Gasteiger partial charge in [-0.05, 0) is 29.1 Å². The lowest BCUT2D eigenvalue weighted by atomic mass is 10.2. The van der Waals surface area contributed by atoms with Gasteiger partial charge in [-0.25, -0.2) is 18.0 Å². The number of carbonyl (C=O) groups is 2. The smallest absolute Gasteiger partial charge is 0.414 e. The molecule has 1 saturated heterocycles. The highest BCUT2D eigenvalue weighted by Gasteiger charge is 2.29. The molecule has 14 heteroatoms. The van der Waals surface area contributed by atoms with Crippen molar-refractivity contribution in [2.75, 3.05) is 53.6 Å². The van der Waals surface area contributed by atoms with Crippen molar-refractivity contribution < 1.29 is 47.5 Å². The number of thiophene rings is 1. The van der Waals surface area contributed by atoms with Gasteiger partial charge in [0.1, 0.15) is 4.21 Å². The number of sulfonamides is 1. The molecular formula is C22H30N2O10S2. The fourth-order valence-electron chi connectivity index (χ4n) is 3.32. The van der Waals surface area contributed by atoms with Crippen LogP contribution in [0.4, 0.5) is 0 Å². The maximum Gasteiger partial charge on any atom is 0.414 e. The molecule has 0 amide bonds. The zero-order valence-corrected chi connectivity index (χ0v) is 21.5. The van der Waals surface area contributed by atoms with Crippen LogP contribution in [-0.4, -0.2) is 105 Å². The molecule has 36 heavy (non-hydrogen) atoms. The first-order valence-corrected chi connectivity index (χ1v) is 13.1. The predicted octanol–water partition coefficient (Wildman–Crippen LogP) is 0.805. The van der Waals surface area contributed by atoms with Gasteiger partial charge in [0.15, 0.2) is 11.5 Å². The zero-order chi connectivity index (χ0) is 26.7. The van der Waals surface area contributed by atoms with Gasteiger partial charge in [-0.15, -0.1) is 11.3 Å². The number of aliphatic carboxylic acids is 2. The van der Waals surface area contributed by atoms with E-state index < -0.39 is 28.1 Å². The Morgan fingerprint density at radius 1 is 1.03 bits per heavy atom. The number of hydrogen-bond donors (Lipinski definition) is 3. The Balaban J connectivity index is 0.000000678. The van der Waals surface area contributed by atoms with Crippen LogP contribution in [0.15, 0.2) is 39.9 Å². The van der Waals surface area contributed by atoms with E-state index in [4.69, 9.17) is 34.0 Å². The number of methoxy groups -OCH3 is 2. The van der Waals surface area contributed by atoms with Crippen LogP contribution < -0.4 is 9.47 Å². The van der Waals surface area contributed by atoms with Gasteiger partial charge < -0.3 is 29.5 Å². The lowest BCUT2D eigenvalue weighted by Crippen LogP contribution is -2.50. The van der Waals surface area contributed by atoms with E-state index in [1.165, 1.54) is 15.6 Å². The van der Waals surface area contributed by atoms with Gasteiger partial charge in [0.2, 0.25) is 0 Å². The van der Waals surface area contributed by atoms with Gasteiger partial charge in [0.25, 0.3) is 10.0 Å². The van der Waals surface area contributed by atoms with Crippen molar-refractivity contribution in [1.82, 2.24) is 9.21 Å². The Hall–Kier alpha value is -2.75. The Morgan fingerprint density at radius 2 is 1.67 bits per heavy atom. The van der Waals surface area contributed by atoms with Crippen molar-refractivity contribution in [3.8, 4) is 11.5 Å². The summed E-state index contributed by atoms with van der Waals surface area (Å²) in [4.78, 5) is 20.3. The SMILES string of the molecule is COc1ccc(COCC(O)CN2CCN(S(=O)(=O)c3cccs3)CC2)cc1OC.O=C(O)C(=O)O. The van der Waals surface area contributed by atoms with Crippen LogP contribution in [0.3, 0.4) is 0 Å². The highest BCUT2D eigenvalue weighted by Crippen LogP contribution is 2.27. The molecule has 1 aliphatic heterocycles. The summed E-state index contributed by atoms with van der Waals surface area (Å²) in [6.45, 7) is 2.98. The van der Waals surface area contributed by atoms with Gasteiger partial charge in [-0.1, -0.05) is 12.1 Å². The molecule has 2 aromatic rings. The van der Waals surface area contributed by atoms with Crippen LogP contribution in [0, 0.1) is 0 Å². The van der Waals surface area contributed by atoms with Crippen molar-refractivity contribution in [3.05, 3.63) is 41.3 Å². The second kappa shape index (κ2) is 14.1. The van der Waals surface area contributed by atoms with E-state index >= 15 is 0 Å². The molecule has 200 valence electrons.